The Balaban J connectivity index is 2.59. The fraction of sp³-hybridized carbons (Fsp3) is 0.400. The molecular weight excluding hydrogens is 187 g/mol. The van der Waals surface area contributed by atoms with Gasteiger partial charge in [0.05, 0.1) is 6.61 Å². The lowest BCUT2D eigenvalue weighted by atomic mass is 10.2. The van der Waals surface area contributed by atoms with Crippen LogP contribution in [0.15, 0.2) is 23.1 Å². The average Bonchev–Trinajstić information content (AvgIpc) is 2.11. The lowest BCUT2D eigenvalue weighted by Crippen LogP contribution is -1.95. The van der Waals surface area contributed by atoms with E-state index in [-0.39, 0.29) is 5.82 Å². The minimum absolute atomic E-state index is 0.243. The molecule has 0 fully saturated rings. The van der Waals surface area contributed by atoms with Gasteiger partial charge >= 0.3 is 0 Å². The van der Waals surface area contributed by atoms with E-state index >= 15 is 0 Å². The molecule has 72 valence electrons. The Labute approximate surface area is 83.3 Å². The number of halogens is 1. The smallest absolute Gasteiger partial charge is 0.123 e. The summed E-state index contributed by atoms with van der Waals surface area (Å²) in [7, 11) is 0. The first-order valence-electron chi connectivity index (χ1n) is 4.29. The molecule has 1 aromatic rings. The van der Waals surface area contributed by atoms with Gasteiger partial charge in [0.1, 0.15) is 5.82 Å². The van der Waals surface area contributed by atoms with Crippen LogP contribution in [-0.4, -0.2) is 6.61 Å². The van der Waals surface area contributed by atoms with Crippen LogP contribution in [0.4, 0.5) is 4.39 Å². The first kappa shape index (κ1) is 10.5. The van der Waals surface area contributed by atoms with Crippen molar-refractivity contribution in [2.45, 2.75) is 24.8 Å². The Bertz CT molecular complexity index is 276. The summed E-state index contributed by atoms with van der Waals surface area (Å²) in [5, 5.41) is 0. The molecule has 0 aliphatic heterocycles. The summed E-state index contributed by atoms with van der Waals surface area (Å²) in [4.78, 5) is 0.775. The Morgan fingerprint density at radius 2 is 2.23 bits per heavy atom. The van der Waals surface area contributed by atoms with Gasteiger partial charge < -0.3 is 4.74 Å². The molecule has 0 saturated carbocycles. The maximum absolute atomic E-state index is 12.8. The number of benzene rings is 1. The predicted molar refractivity (Wildman–Crippen MR) is 53.6 cm³/mol. The number of hydrogen-bond donors (Lipinski definition) is 1. The van der Waals surface area contributed by atoms with Crippen LogP contribution in [0, 0.1) is 5.82 Å². The molecule has 13 heavy (non-hydrogen) atoms. The normalized spacial score (nSPS) is 10.4. The van der Waals surface area contributed by atoms with E-state index in [0.29, 0.717) is 13.2 Å². The summed E-state index contributed by atoms with van der Waals surface area (Å²) in [6, 6.07) is 4.49. The second kappa shape index (κ2) is 5.25. The van der Waals surface area contributed by atoms with Crippen molar-refractivity contribution in [2.24, 2.45) is 0 Å². The molecule has 3 heteroatoms. The van der Waals surface area contributed by atoms with Crippen molar-refractivity contribution in [3.8, 4) is 0 Å². The first-order valence-corrected chi connectivity index (χ1v) is 4.74. The minimum Gasteiger partial charge on any atom is -0.377 e. The quantitative estimate of drug-likeness (QED) is 0.580. The zero-order chi connectivity index (χ0) is 9.68. The zero-order valence-corrected chi connectivity index (χ0v) is 8.48. The second-order valence-electron chi connectivity index (χ2n) is 2.83. The summed E-state index contributed by atoms with van der Waals surface area (Å²) in [5.74, 6) is -0.243. The van der Waals surface area contributed by atoms with E-state index < -0.39 is 0 Å². The molecule has 0 amide bonds. The van der Waals surface area contributed by atoms with E-state index in [1.54, 1.807) is 6.07 Å². The van der Waals surface area contributed by atoms with Crippen LogP contribution in [-0.2, 0) is 11.3 Å². The maximum Gasteiger partial charge on any atom is 0.123 e. The van der Waals surface area contributed by atoms with Crippen molar-refractivity contribution in [1.82, 2.24) is 0 Å². The van der Waals surface area contributed by atoms with Crippen molar-refractivity contribution in [2.75, 3.05) is 6.61 Å². The molecule has 0 radical (unpaired) electrons. The summed E-state index contributed by atoms with van der Waals surface area (Å²) < 4.78 is 18.1. The molecule has 1 aromatic carbocycles. The lowest BCUT2D eigenvalue weighted by molar-refractivity contribution is 0.120. The molecule has 1 nitrogen and oxygen atoms in total. The third kappa shape index (κ3) is 3.36. The fourth-order valence-corrected chi connectivity index (χ4v) is 1.20. The molecule has 0 aromatic heterocycles. The molecule has 0 spiro atoms. The highest BCUT2D eigenvalue weighted by atomic mass is 32.1. The highest BCUT2D eigenvalue weighted by molar-refractivity contribution is 7.80. The summed E-state index contributed by atoms with van der Waals surface area (Å²) in [5.41, 5.74) is 0.803. The van der Waals surface area contributed by atoms with E-state index in [1.807, 2.05) is 6.92 Å². The van der Waals surface area contributed by atoms with E-state index in [1.165, 1.54) is 12.1 Å². The standard InChI is InChI=1S/C10H13FOS/c1-2-5-12-7-8-6-9(11)3-4-10(8)13/h3-4,6,13H,2,5,7H2,1H3. The van der Waals surface area contributed by atoms with Crippen LogP contribution in [0.1, 0.15) is 18.9 Å². The summed E-state index contributed by atoms with van der Waals surface area (Å²) in [6.07, 6.45) is 0.969. The van der Waals surface area contributed by atoms with Crippen molar-refractivity contribution in [3.63, 3.8) is 0 Å². The van der Waals surface area contributed by atoms with Gasteiger partial charge in [-0.05, 0) is 30.2 Å². The topological polar surface area (TPSA) is 9.23 Å². The summed E-state index contributed by atoms with van der Waals surface area (Å²) in [6.45, 7) is 3.17. The van der Waals surface area contributed by atoms with Gasteiger partial charge in [-0.3, -0.25) is 0 Å². The predicted octanol–water partition coefficient (Wildman–Crippen LogP) is 3.04. The van der Waals surface area contributed by atoms with Crippen LogP contribution in [0.5, 0.6) is 0 Å². The van der Waals surface area contributed by atoms with Crippen molar-refractivity contribution < 1.29 is 9.13 Å². The zero-order valence-electron chi connectivity index (χ0n) is 7.59. The number of rotatable bonds is 4. The SMILES string of the molecule is CCCOCc1cc(F)ccc1S. The van der Waals surface area contributed by atoms with Crippen LogP contribution >= 0.6 is 12.6 Å². The monoisotopic (exact) mass is 200 g/mol. The maximum atomic E-state index is 12.8. The van der Waals surface area contributed by atoms with Gasteiger partial charge in [-0.25, -0.2) is 4.39 Å². The molecule has 0 aliphatic rings. The molecule has 0 bridgehead atoms. The largest absolute Gasteiger partial charge is 0.377 e. The molecule has 0 atom stereocenters. The van der Waals surface area contributed by atoms with Crippen LogP contribution in [0.25, 0.3) is 0 Å². The van der Waals surface area contributed by atoms with Gasteiger partial charge in [0, 0.05) is 11.5 Å². The third-order valence-corrected chi connectivity index (χ3v) is 2.08. The number of hydrogen-bond acceptors (Lipinski definition) is 2. The Kier molecular flexibility index (Phi) is 4.25. The molecule has 0 heterocycles. The average molecular weight is 200 g/mol. The number of thiol groups is 1. The Morgan fingerprint density at radius 1 is 1.46 bits per heavy atom. The van der Waals surface area contributed by atoms with E-state index in [4.69, 9.17) is 4.74 Å². The molecule has 0 unspecified atom stereocenters. The Morgan fingerprint density at radius 3 is 2.92 bits per heavy atom. The van der Waals surface area contributed by atoms with Crippen molar-refractivity contribution >= 4 is 12.6 Å². The summed E-state index contributed by atoms with van der Waals surface area (Å²) >= 11 is 4.20. The highest BCUT2D eigenvalue weighted by Crippen LogP contribution is 2.16. The fourth-order valence-electron chi connectivity index (χ4n) is 0.996. The van der Waals surface area contributed by atoms with E-state index in [2.05, 4.69) is 12.6 Å². The van der Waals surface area contributed by atoms with Crippen LogP contribution in [0.3, 0.4) is 0 Å². The third-order valence-electron chi connectivity index (χ3n) is 1.65. The van der Waals surface area contributed by atoms with E-state index in [9.17, 15) is 4.39 Å². The van der Waals surface area contributed by atoms with Gasteiger partial charge in [0.2, 0.25) is 0 Å². The molecule has 1 rings (SSSR count). The minimum atomic E-state index is -0.243. The molecule has 0 N–H and O–H groups in total. The van der Waals surface area contributed by atoms with Crippen LogP contribution < -0.4 is 0 Å². The second-order valence-corrected chi connectivity index (χ2v) is 3.31. The van der Waals surface area contributed by atoms with Gasteiger partial charge in [-0.2, -0.15) is 0 Å². The molecule has 0 aliphatic carbocycles. The van der Waals surface area contributed by atoms with E-state index in [0.717, 1.165) is 16.9 Å². The van der Waals surface area contributed by atoms with Crippen molar-refractivity contribution in [1.29, 1.82) is 0 Å². The number of ether oxygens (including phenoxy) is 1. The van der Waals surface area contributed by atoms with Crippen molar-refractivity contribution in [3.05, 3.63) is 29.6 Å². The Hall–Kier alpha value is -0.540. The lowest BCUT2D eigenvalue weighted by Gasteiger charge is -2.05. The van der Waals surface area contributed by atoms with Crippen LogP contribution in [0.2, 0.25) is 0 Å². The van der Waals surface area contributed by atoms with Gasteiger partial charge in [0.25, 0.3) is 0 Å². The van der Waals surface area contributed by atoms with Gasteiger partial charge in [0.15, 0.2) is 0 Å². The first-order chi connectivity index (χ1) is 6.24. The van der Waals surface area contributed by atoms with Gasteiger partial charge in [-0.1, -0.05) is 6.92 Å². The molecular formula is C10H13FOS. The highest BCUT2D eigenvalue weighted by Gasteiger charge is 2.00. The van der Waals surface area contributed by atoms with Gasteiger partial charge in [-0.15, -0.1) is 12.6 Å². The molecule has 0 saturated heterocycles.